The monoisotopic (exact) mass is 315 g/mol. The number of rotatable bonds is 5. The summed E-state index contributed by atoms with van der Waals surface area (Å²) in [6, 6.07) is 9.42. The van der Waals surface area contributed by atoms with Gasteiger partial charge in [-0.15, -0.1) is 0 Å². The smallest absolute Gasteiger partial charge is 0.271 e. The number of carbonyl (C=O) groups is 1. The van der Waals surface area contributed by atoms with Crippen LogP contribution >= 0.6 is 0 Å². The van der Waals surface area contributed by atoms with Crippen molar-refractivity contribution in [2.45, 2.75) is 27.3 Å². The van der Waals surface area contributed by atoms with Crippen LogP contribution in [0.3, 0.4) is 0 Å². The van der Waals surface area contributed by atoms with Crippen molar-refractivity contribution in [1.82, 2.24) is 15.2 Å². The molecule has 0 spiro atoms. The maximum absolute atomic E-state index is 11.9. The first-order chi connectivity index (χ1) is 10.9. The highest BCUT2D eigenvalue weighted by Gasteiger charge is 2.22. The summed E-state index contributed by atoms with van der Waals surface area (Å²) < 4.78 is 1.30. The van der Waals surface area contributed by atoms with Gasteiger partial charge in [-0.1, -0.05) is 30.3 Å². The van der Waals surface area contributed by atoms with Crippen molar-refractivity contribution >= 4 is 17.3 Å². The fourth-order valence-electron chi connectivity index (χ4n) is 2.17. The molecule has 1 amide bonds. The van der Waals surface area contributed by atoms with Gasteiger partial charge >= 0.3 is 5.69 Å². The molecule has 1 N–H and O–H groups in total. The minimum atomic E-state index is -0.496. The van der Waals surface area contributed by atoms with Crippen LogP contribution in [0.25, 0.3) is 0 Å². The lowest BCUT2D eigenvalue weighted by Crippen LogP contribution is -2.25. The van der Waals surface area contributed by atoms with E-state index in [1.807, 2.05) is 30.3 Å². The van der Waals surface area contributed by atoms with Gasteiger partial charge in [0.15, 0.2) is 0 Å². The number of hydrazone groups is 1. The number of hydrogen-bond acceptors (Lipinski definition) is 5. The fourth-order valence-corrected chi connectivity index (χ4v) is 2.17. The summed E-state index contributed by atoms with van der Waals surface area (Å²) >= 11 is 0. The zero-order chi connectivity index (χ0) is 17.0. The summed E-state index contributed by atoms with van der Waals surface area (Å²) in [6.45, 7) is 4.75. The number of amides is 1. The number of hydrogen-bond donors (Lipinski definition) is 1. The lowest BCUT2D eigenvalue weighted by Gasteiger charge is -2.04. The van der Waals surface area contributed by atoms with Gasteiger partial charge in [0.05, 0.1) is 10.6 Å². The first-order valence-electron chi connectivity index (χ1n) is 6.97. The maximum Gasteiger partial charge on any atom is 0.312 e. The highest BCUT2D eigenvalue weighted by Crippen LogP contribution is 2.21. The van der Waals surface area contributed by atoms with E-state index >= 15 is 0 Å². The number of nitro groups is 1. The van der Waals surface area contributed by atoms with Crippen LogP contribution in [0.1, 0.15) is 23.9 Å². The largest absolute Gasteiger partial charge is 0.312 e. The summed E-state index contributed by atoms with van der Waals surface area (Å²) in [7, 11) is 0. The second kappa shape index (κ2) is 6.82. The lowest BCUT2D eigenvalue weighted by atomic mass is 10.1. The van der Waals surface area contributed by atoms with E-state index in [0.717, 1.165) is 5.56 Å². The quantitative estimate of drug-likeness (QED) is 0.517. The Kier molecular flexibility index (Phi) is 4.85. The van der Waals surface area contributed by atoms with Crippen LogP contribution in [0.5, 0.6) is 0 Å². The standard InChI is InChI=1S/C15H17N5O3/c1-10(13-7-5-4-6-8-13)16-17-14(21)9-19-12(3)15(20(22)23)11(2)18-19/h4-8H,9H2,1-3H3,(H,17,21). The molecular formula is C15H17N5O3. The Morgan fingerprint density at radius 2 is 2.00 bits per heavy atom. The predicted molar refractivity (Wildman–Crippen MR) is 85.2 cm³/mol. The number of aryl methyl sites for hydroxylation is 1. The second-order valence-corrected chi connectivity index (χ2v) is 5.03. The van der Waals surface area contributed by atoms with Crippen molar-refractivity contribution in [2.24, 2.45) is 5.10 Å². The molecule has 120 valence electrons. The van der Waals surface area contributed by atoms with Crippen molar-refractivity contribution in [1.29, 1.82) is 0 Å². The molecule has 0 saturated heterocycles. The number of aromatic nitrogens is 2. The van der Waals surface area contributed by atoms with Crippen LogP contribution in [0, 0.1) is 24.0 Å². The van der Waals surface area contributed by atoms with Gasteiger partial charge in [-0.2, -0.15) is 10.2 Å². The average Bonchev–Trinajstić information content (AvgIpc) is 2.79. The zero-order valence-electron chi connectivity index (χ0n) is 13.1. The van der Waals surface area contributed by atoms with Gasteiger partial charge in [-0.3, -0.25) is 19.6 Å². The third kappa shape index (κ3) is 3.79. The summed E-state index contributed by atoms with van der Waals surface area (Å²) in [5.41, 5.74) is 4.55. The Bertz CT molecular complexity index is 765. The number of carbonyl (C=O) groups excluding carboxylic acids is 1. The van der Waals surface area contributed by atoms with Gasteiger partial charge in [0.25, 0.3) is 5.91 Å². The average molecular weight is 315 g/mol. The molecule has 0 aliphatic rings. The molecule has 8 nitrogen and oxygen atoms in total. The van der Waals surface area contributed by atoms with Gasteiger partial charge in [0, 0.05) is 0 Å². The Balaban J connectivity index is 2.06. The Morgan fingerprint density at radius 3 is 2.57 bits per heavy atom. The summed E-state index contributed by atoms with van der Waals surface area (Å²) in [5, 5.41) is 19.0. The normalized spacial score (nSPS) is 11.3. The van der Waals surface area contributed by atoms with Crippen molar-refractivity contribution in [2.75, 3.05) is 0 Å². The molecule has 1 aromatic carbocycles. The van der Waals surface area contributed by atoms with Gasteiger partial charge < -0.3 is 0 Å². The highest BCUT2D eigenvalue weighted by atomic mass is 16.6. The molecule has 0 aliphatic carbocycles. The minimum absolute atomic E-state index is 0.0678. The van der Waals surface area contributed by atoms with E-state index in [1.54, 1.807) is 13.8 Å². The van der Waals surface area contributed by atoms with Crippen molar-refractivity contribution in [3.05, 3.63) is 57.4 Å². The van der Waals surface area contributed by atoms with Crippen molar-refractivity contribution in [3.8, 4) is 0 Å². The highest BCUT2D eigenvalue weighted by molar-refractivity contribution is 5.99. The molecule has 1 aromatic heterocycles. The molecule has 0 radical (unpaired) electrons. The number of nitrogens with one attached hydrogen (secondary N) is 1. The molecule has 0 bridgehead atoms. The molecular weight excluding hydrogens is 298 g/mol. The van der Waals surface area contributed by atoms with E-state index in [9.17, 15) is 14.9 Å². The lowest BCUT2D eigenvalue weighted by molar-refractivity contribution is -0.386. The predicted octanol–water partition coefficient (Wildman–Crippen LogP) is 1.95. The Labute approximate surface area is 133 Å². The van der Waals surface area contributed by atoms with Gasteiger partial charge in [-0.25, -0.2) is 5.43 Å². The van der Waals surface area contributed by atoms with Gasteiger partial charge in [0.1, 0.15) is 17.9 Å². The Hall–Kier alpha value is -3.03. The molecule has 0 unspecified atom stereocenters. The molecule has 0 fully saturated rings. The minimum Gasteiger partial charge on any atom is -0.271 e. The van der Waals surface area contributed by atoms with Crippen LogP contribution in [0.2, 0.25) is 0 Å². The van der Waals surface area contributed by atoms with Crippen LogP contribution in [0.4, 0.5) is 5.69 Å². The first kappa shape index (κ1) is 16.3. The van der Waals surface area contributed by atoms with E-state index in [4.69, 9.17) is 0 Å². The second-order valence-electron chi connectivity index (χ2n) is 5.03. The van der Waals surface area contributed by atoms with Crippen LogP contribution < -0.4 is 5.43 Å². The van der Waals surface area contributed by atoms with Crippen LogP contribution in [-0.4, -0.2) is 26.3 Å². The molecule has 0 aliphatic heterocycles. The first-order valence-corrected chi connectivity index (χ1v) is 6.97. The van der Waals surface area contributed by atoms with Crippen molar-refractivity contribution in [3.63, 3.8) is 0 Å². The molecule has 8 heteroatoms. The van der Waals surface area contributed by atoms with Crippen LogP contribution in [0.15, 0.2) is 35.4 Å². The molecule has 23 heavy (non-hydrogen) atoms. The van der Waals surface area contributed by atoms with E-state index in [1.165, 1.54) is 11.6 Å². The molecule has 0 atom stereocenters. The summed E-state index contributed by atoms with van der Waals surface area (Å²) in [6.07, 6.45) is 0. The zero-order valence-corrected chi connectivity index (χ0v) is 13.1. The Morgan fingerprint density at radius 1 is 1.35 bits per heavy atom. The topological polar surface area (TPSA) is 102 Å². The van der Waals surface area contributed by atoms with Crippen LogP contribution in [-0.2, 0) is 11.3 Å². The van der Waals surface area contributed by atoms with Crippen molar-refractivity contribution < 1.29 is 9.72 Å². The third-order valence-corrected chi connectivity index (χ3v) is 3.36. The summed E-state index contributed by atoms with van der Waals surface area (Å²) in [5.74, 6) is -0.402. The van der Waals surface area contributed by atoms with Gasteiger partial charge in [0.2, 0.25) is 0 Å². The van der Waals surface area contributed by atoms with E-state index in [-0.39, 0.29) is 17.9 Å². The van der Waals surface area contributed by atoms with E-state index < -0.39 is 10.8 Å². The number of benzene rings is 1. The van der Waals surface area contributed by atoms with E-state index in [0.29, 0.717) is 11.4 Å². The molecule has 1 heterocycles. The third-order valence-electron chi connectivity index (χ3n) is 3.36. The molecule has 2 aromatic rings. The molecule has 2 rings (SSSR count). The number of nitrogens with zero attached hydrogens (tertiary/aromatic N) is 4. The fraction of sp³-hybridized carbons (Fsp3) is 0.267. The molecule has 0 saturated carbocycles. The summed E-state index contributed by atoms with van der Waals surface area (Å²) in [4.78, 5) is 22.4. The van der Waals surface area contributed by atoms with Gasteiger partial charge in [-0.05, 0) is 26.3 Å². The maximum atomic E-state index is 11.9. The SMILES string of the molecule is CC(=NNC(=O)Cn1nc(C)c([N+](=O)[O-])c1C)c1ccccc1. The van der Waals surface area contributed by atoms with E-state index in [2.05, 4.69) is 15.6 Å².